The molecule has 1 atom stereocenters. The molecule has 2 saturated heterocycles. The fraction of sp³-hybridized carbons (Fsp3) is 1.00. The van der Waals surface area contributed by atoms with Gasteiger partial charge >= 0.3 is 0 Å². The Labute approximate surface area is 83.8 Å². The van der Waals surface area contributed by atoms with Crippen LogP contribution >= 0.6 is 15.9 Å². The molecule has 1 unspecified atom stereocenters. The maximum absolute atomic E-state index is 3.86. The van der Waals surface area contributed by atoms with Crippen LogP contribution in [0.25, 0.3) is 0 Å². The normalized spacial score (nSPS) is 35.2. The molecule has 0 saturated carbocycles. The maximum Gasteiger partial charge on any atom is 0.144 e. The van der Waals surface area contributed by atoms with E-state index in [2.05, 4.69) is 15.9 Å². The average molecular weight is 233 g/mol. The molecule has 2 aliphatic rings. The van der Waals surface area contributed by atoms with Crippen molar-refractivity contribution in [3.8, 4) is 0 Å². The molecule has 2 rings (SSSR count). The van der Waals surface area contributed by atoms with Gasteiger partial charge in [0.05, 0.1) is 19.6 Å². The molecular formula is C10H19BrN+. The highest BCUT2D eigenvalue weighted by molar-refractivity contribution is 9.09. The number of alkyl halides is 1. The minimum Gasteiger partial charge on any atom is -0.312 e. The molecule has 70 valence electrons. The second-order valence-electron chi connectivity index (χ2n) is 4.38. The van der Waals surface area contributed by atoms with Gasteiger partial charge in [-0.15, -0.1) is 0 Å². The Balaban J connectivity index is 2.05. The van der Waals surface area contributed by atoms with Gasteiger partial charge in [-0.25, -0.2) is 0 Å². The minimum atomic E-state index is 0.788. The highest BCUT2D eigenvalue weighted by Crippen LogP contribution is 2.34. The number of quaternary nitrogens is 1. The van der Waals surface area contributed by atoms with Crippen molar-refractivity contribution < 1.29 is 4.48 Å². The van der Waals surface area contributed by atoms with Crippen molar-refractivity contribution in [3.05, 3.63) is 0 Å². The van der Waals surface area contributed by atoms with E-state index in [4.69, 9.17) is 0 Å². The average Bonchev–Trinajstić information content (AvgIpc) is 2.33. The van der Waals surface area contributed by atoms with E-state index >= 15 is 0 Å². The van der Waals surface area contributed by atoms with Crippen molar-refractivity contribution >= 4 is 15.9 Å². The van der Waals surface area contributed by atoms with E-state index < -0.39 is 0 Å². The molecule has 1 nitrogen and oxygen atoms in total. The highest BCUT2D eigenvalue weighted by atomic mass is 79.9. The summed E-state index contributed by atoms with van der Waals surface area (Å²) in [7, 11) is 0. The Bertz CT molecular complexity index is 150. The van der Waals surface area contributed by atoms with Crippen molar-refractivity contribution in [2.45, 2.75) is 43.5 Å². The predicted octanol–water partition coefficient (Wildman–Crippen LogP) is 2.89. The van der Waals surface area contributed by atoms with Crippen LogP contribution in [0.3, 0.4) is 0 Å². The van der Waals surface area contributed by atoms with Crippen LogP contribution in [0.5, 0.6) is 0 Å². The van der Waals surface area contributed by atoms with Crippen LogP contribution in [0.1, 0.15) is 38.5 Å². The fourth-order valence-corrected chi connectivity index (χ4v) is 3.75. The summed E-state index contributed by atoms with van der Waals surface area (Å²) < 4.78 is 1.40. The predicted molar refractivity (Wildman–Crippen MR) is 55.3 cm³/mol. The number of hydrogen-bond donors (Lipinski definition) is 0. The molecule has 0 amide bonds. The third-order valence-corrected chi connectivity index (χ3v) is 4.92. The van der Waals surface area contributed by atoms with E-state index in [1.807, 2.05) is 0 Å². The van der Waals surface area contributed by atoms with Crippen LogP contribution < -0.4 is 0 Å². The van der Waals surface area contributed by atoms with Gasteiger partial charge in [-0.3, -0.25) is 0 Å². The summed E-state index contributed by atoms with van der Waals surface area (Å²) in [4.78, 5) is 0.788. The first-order chi connectivity index (χ1) is 5.83. The molecule has 0 aromatic carbocycles. The van der Waals surface area contributed by atoms with Crippen LogP contribution in [0.2, 0.25) is 0 Å². The van der Waals surface area contributed by atoms with Gasteiger partial charge in [0.2, 0.25) is 0 Å². The lowest BCUT2D eigenvalue weighted by Crippen LogP contribution is -2.49. The van der Waals surface area contributed by atoms with Gasteiger partial charge in [-0.2, -0.15) is 0 Å². The van der Waals surface area contributed by atoms with Crippen molar-refractivity contribution in [2.24, 2.45) is 0 Å². The Morgan fingerprint density at radius 2 is 1.42 bits per heavy atom. The standard InChI is InChI=1S/C10H19BrN/c11-10-6-5-9-12(10)7-3-1-2-4-8-12/h10H,1-9H2/q+1. The molecule has 2 aliphatic heterocycles. The SMILES string of the molecule is BrC1CCC[N+]12CCCCCC2. The molecule has 0 aromatic rings. The minimum absolute atomic E-state index is 0.788. The summed E-state index contributed by atoms with van der Waals surface area (Å²) in [6.45, 7) is 4.32. The van der Waals surface area contributed by atoms with Crippen LogP contribution in [-0.2, 0) is 0 Å². The highest BCUT2D eigenvalue weighted by Gasteiger charge is 2.39. The molecule has 0 aliphatic carbocycles. The lowest BCUT2D eigenvalue weighted by molar-refractivity contribution is -0.923. The molecule has 2 heteroatoms. The monoisotopic (exact) mass is 232 g/mol. The largest absolute Gasteiger partial charge is 0.312 e. The summed E-state index contributed by atoms with van der Waals surface area (Å²) in [5.41, 5.74) is 0. The molecule has 2 fully saturated rings. The van der Waals surface area contributed by atoms with Gasteiger partial charge in [-0.1, -0.05) is 0 Å². The van der Waals surface area contributed by atoms with E-state index in [-0.39, 0.29) is 0 Å². The maximum atomic E-state index is 3.86. The first-order valence-electron chi connectivity index (χ1n) is 5.33. The van der Waals surface area contributed by atoms with E-state index in [0.717, 1.165) is 4.95 Å². The van der Waals surface area contributed by atoms with Crippen LogP contribution in [0, 0.1) is 0 Å². The summed E-state index contributed by atoms with van der Waals surface area (Å²) >= 11 is 3.86. The van der Waals surface area contributed by atoms with Crippen LogP contribution in [0.15, 0.2) is 0 Å². The van der Waals surface area contributed by atoms with E-state index in [1.54, 1.807) is 0 Å². The third kappa shape index (κ3) is 1.56. The van der Waals surface area contributed by atoms with E-state index in [1.165, 1.54) is 62.6 Å². The quantitative estimate of drug-likeness (QED) is 0.343. The van der Waals surface area contributed by atoms with Crippen molar-refractivity contribution in [2.75, 3.05) is 19.6 Å². The topological polar surface area (TPSA) is 0 Å². The summed E-state index contributed by atoms with van der Waals surface area (Å²) in [5, 5.41) is 0. The second kappa shape index (κ2) is 3.67. The molecule has 12 heavy (non-hydrogen) atoms. The molecule has 0 N–H and O–H groups in total. The zero-order valence-corrected chi connectivity index (χ0v) is 9.35. The van der Waals surface area contributed by atoms with Gasteiger partial charge in [0.1, 0.15) is 4.95 Å². The molecular weight excluding hydrogens is 214 g/mol. The van der Waals surface area contributed by atoms with Gasteiger partial charge < -0.3 is 4.48 Å². The first-order valence-corrected chi connectivity index (χ1v) is 6.25. The molecule has 0 aromatic heterocycles. The Morgan fingerprint density at radius 1 is 0.833 bits per heavy atom. The van der Waals surface area contributed by atoms with Gasteiger partial charge in [-0.05, 0) is 41.6 Å². The van der Waals surface area contributed by atoms with Gasteiger partial charge in [0.15, 0.2) is 0 Å². The molecule has 2 heterocycles. The fourth-order valence-electron chi connectivity index (χ4n) is 2.81. The first kappa shape index (κ1) is 9.01. The molecule has 0 radical (unpaired) electrons. The number of hydrogen-bond acceptors (Lipinski definition) is 0. The smallest absolute Gasteiger partial charge is 0.144 e. The Kier molecular flexibility index (Phi) is 2.75. The second-order valence-corrected chi connectivity index (χ2v) is 5.44. The van der Waals surface area contributed by atoms with Crippen LogP contribution in [0.4, 0.5) is 0 Å². The van der Waals surface area contributed by atoms with Crippen molar-refractivity contribution in [1.29, 1.82) is 0 Å². The third-order valence-electron chi connectivity index (χ3n) is 3.60. The van der Waals surface area contributed by atoms with Crippen molar-refractivity contribution in [3.63, 3.8) is 0 Å². The number of nitrogens with zero attached hydrogens (tertiary/aromatic N) is 1. The zero-order valence-electron chi connectivity index (χ0n) is 7.77. The van der Waals surface area contributed by atoms with Gasteiger partial charge in [0.25, 0.3) is 0 Å². The Morgan fingerprint density at radius 3 is 1.92 bits per heavy atom. The number of halogens is 1. The number of rotatable bonds is 0. The Hall–Kier alpha value is 0.440. The van der Waals surface area contributed by atoms with Crippen LogP contribution in [-0.4, -0.2) is 29.1 Å². The van der Waals surface area contributed by atoms with Crippen molar-refractivity contribution in [1.82, 2.24) is 0 Å². The lowest BCUT2D eigenvalue weighted by atomic mass is 10.2. The summed E-state index contributed by atoms with van der Waals surface area (Å²) in [6, 6.07) is 0. The van der Waals surface area contributed by atoms with E-state index in [9.17, 15) is 0 Å². The summed E-state index contributed by atoms with van der Waals surface area (Å²) in [6.07, 6.45) is 8.71. The van der Waals surface area contributed by atoms with Gasteiger partial charge in [0, 0.05) is 12.8 Å². The summed E-state index contributed by atoms with van der Waals surface area (Å²) in [5.74, 6) is 0. The lowest BCUT2D eigenvalue weighted by Gasteiger charge is -2.36. The molecule has 1 spiro atoms. The molecule has 0 bridgehead atoms. The zero-order chi connectivity index (χ0) is 8.44. The van der Waals surface area contributed by atoms with E-state index in [0.29, 0.717) is 0 Å².